The molecule has 2 rings (SSSR count). The van der Waals surface area contributed by atoms with Gasteiger partial charge in [-0.05, 0) is 13.8 Å². The Morgan fingerprint density at radius 2 is 1.83 bits per heavy atom. The minimum atomic E-state index is -1.77. The number of aliphatic hydroxyl groups is 5. The second kappa shape index (κ2) is 4.38. The molecular formula is C11H20O7. The molecule has 0 radical (unpaired) electrons. The average Bonchev–Trinajstić information content (AvgIpc) is 2.41. The zero-order valence-corrected chi connectivity index (χ0v) is 10.4. The second-order valence-corrected chi connectivity index (χ2v) is 5.57. The third-order valence-electron chi connectivity index (χ3n) is 3.75. The smallest absolute Gasteiger partial charge is 0.186 e. The molecule has 1 aliphatic carbocycles. The first-order chi connectivity index (χ1) is 8.27. The van der Waals surface area contributed by atoms with E-state index in [-0.39, 0.29) is 6.61 Å². The topological polar surface area (TPSA) is 120 Å². The highest BCUT2D eigenvalue weighted by Gasteiger charge is 2.71. The maximum absolute atomic E-state index is 10.1. The fourth-order valence-electron chi connectivity index (χ4n) is 2.58. The quantitative estimate of drug-likeness (QED) is 0.390. The van der Waals surface area contributed by atoms with Gasteiger partial charge in [-0.2, -0.15) is 0 Å². The Morgan fingerprint density at radius 3 is 2.33 bits per heavy atom. The van der Waals surface area contributed by atoms with E-state index in [1.807, 2.05) is 0 Å². The predicted octanol–water partition coefficient (Wildman–Crippen LogP) is -2.22. The highest BCUT2D eigenvalue weighted by atomic mass is 16.8. The van der Waals surface area contributed by atoms with Gasteiger partial charge >= 0.3 is 0 Å². The maximum atomic E-state index is 10.1. The molecule has 0 spiro atoms. The fraction of sp³-hybridized carbons (Fsp3) is 1.00. The molecule has 1 heterocycles. The molecule has 1 aliphatic heterocycles. The lowest BCUT2D eigenvalue weighted by molar-refractivity contribution is -0.451. The molecule has 6 atom stereocenters. The van der Waals surface area contributed by atoms with Crippen LogP contribution in [0.2, 0.25) is 0 Å². The van der Waals surface area contributed by atoms with Crippen LogP contribution in [-0.2, 0) is 9.47 Å². The first-order valence-electron chi connectivity index (χ1n) is 5.92. The van der Waals surface area contributed by atoms with E-state index in [1.54, 1.807) is 13.8 Å². The van der Waals surface area contributed by atoms with Crippen LogP contribution in [0.1, 0.15) is 13.8 Å². The number of aliphatic hydroxyl groups excluding tert-OH is 4. The summed E-state index contributed by atoms with van der Waals surface area (Å²) in [7, 11) is 0. The van der Waals surface area contributed by atoms with Crippen molar-refractivity contribution in [2.24, 2.45) is 11.8 Å². The summed E-state index contributed by atoms with van der Waals surface area (Å²) in [5, 5.41) is 47.9. The number of hydrogen-bond acceptors (Lipinski definition) is 7. The van der Waals surface area contributed by atoms with Gasteiger partial charge < -0.3 is 35.0 Å². The van der Waals surface area contributed by atoms with Crippen LogP contribution in [0.3, 0.4) is 0 Å². The summed E-state index contributed by atoms with van der Waals surface area (Å²) >= 11 is 0. The molecule has 18 heavy (non-hydrogen) atoms. The molecule has 7 nitrogen and oxygen atoms in total. The van der Waals surface area contributed by atoms with Crippen molar-refractivity contribution in [3.05, 3.63) is 0 Å². The zero-order valence-electron chi connectivity index (χ0n) is 10.4. The van der Waals surface area contributed by atoms with Crippen LogP contribution >= 0.6 is 0 Å². The summed E-state index contributed by atoms with van der Waals surface area (Å²) < 4.78 is 10.6. The third kappa shape index (κ3) is 1.87. The lowest BCUT2D eigenvalue weighted by Crippen LogP contribution is -2.65. The first kappa shape index (κ1) is 14.1. The molecule has 7 heteroatoms. The molecule has 0 aromatic rings. The van der Waals surface area contributed by atoms with Gasteiger partial charge in [0, 0.05) is 0 Å². The van der Waals surface area contributed by atoms with Crippen molar-refractivity contribution < 1.29 is 35.0 Å². The summed E-state index contributed by atoms with van der Waals surface area (Å²) in [4.78, 5) is 0. The number of rotatable bonds is 4. The normalized spacial score (nSPS) is 47.8. The molecule has 1 saturated heterocycles. The fourth-order valence-corrected chi connectivity index (χ4v) is 2.58. The molecule has 1 saturated carbocycles. The predicted molar refractivity (Wildman–Crippen MR) is 58.2 cm³/mol. The van der Waals surface area contributed by atoms with Crippen molar-refractivity contribution in [1.82, 2.24) is 0 Å². The van der Waals surface area contributed by atoms with Crippen LogP contribution < -0.4 is 0 Å². The molecule has 0 amide bonds. The Balaban J connectivity index is 2.11. The average molecular weight is 264 g/mol. The van der Waals surface area contributed by atoms with Crippen molar-refractivity contribution >= 4 is 0 Å². The van der Waals surface area contributed by atoms with E-state index in [2.05, 4.69) is 0 Å². The summed E-state index contributed by atoms with van der Waals surface area (Å²) in [6, 6.07) is 0. The highest BCUT2D eigenvalue weighted by molar-refractivity contribution is 5.10. The van der Waals surface area contributed by atoms with Crippen molar-refractivity contribution in [3.8, 4) is 0 Å². The van der Waals surface area contributed by atoms with E-state index < -0.39 is 48.3 Å². The Kier molecular flexibility index (Phi) is 3.44. The molecule has 0 aromatic heterocycles. The minimum absolute atomic E-state index is 0.250. The zero-order chi connectivity index (χ0) is 13.7. The van der Waals surface area contributed by atoms with Crippen LogP contribution in [0.25, 0.3) is 0 Å². The summed E-state index contributed by atoms with van der Waals surface area (Å²) in [5.74, 6) is -3.57. The standard InChI is InChI=1S/C11H20O7/c1-10(2,4-13)17-9-6-8(15)7(14)5(3-12)11(6,16)18-9/h5-9,12-16H,3-4H2,1-2H3. The van der Waals surface area contributed by atoms with Gasteiger partial charge in [0.05, 0.1) is 42.9 Å². The van der Waals surface area contributed by atoms with Crippen molar-refractivity contribution in [2.75, 3.05) is 13.2 Å². The second-order valence-electron chi connectivity index (χ2n) is 5.57. The van der Waals surface area contributed by atoms with E-state index in [0.29, 0.717) is 0 Å². The van der Waals surface area contributed by atoms with Gasteiger partial charge in [0.25, 0.3) is 0 Å². The Labute approximate surface area is 105 Å². The first-order valence-corrected chi connectivity index (χ1v) is 5.92. The van der Waals surface area contributed by atoms with Gasteiger partial charge in [0.1, 0.15) is 0 Å². The SMILES string of the molecule is CC(C)(CO)OC1OC2(O)C(CO)C(O)C(O)C12. The molecule has 0 bridgehead atoms. The molecule has 106 valence electrons. The number of ether oxygens (including phenoxy) is 2. The van der Waals surface area contributed by atoms with Crippen LogP contribution in [0.15, 0.2) is 0 Å². The lowest BCUT2D eigenvalue weighted by atomic mass is 9.89. The molecule has 2 aliphatic rings. The monoisotopic (exact) mass is 264 g/mol. The largest absolute Gasteiger partial charge is 0.396 e. The number of hydrogen-bond donors (Lipinski definition) is 5. The molecule has 0 aromatic carbocycles. The van der Waals surface area contributed by atoms with Crippen LogP contribution in [0.4, 0.5) is 0 Å². The van der Waals surface area contributed by atoms with Crippen molar-refractivity contribution in [3.63, 3.8) is 0 Å². The Bertz CT molecular complexity index is 321. The Morgan fingerprint density at radius 1 is 1.22 bits per heavy atom. The van der Waals surface area contributed by atoms with E-state index in [0.717, 1.165) is 0 Å². The van der Waals surface area contributed by atoms with Crippen LogP contribution in [-0.4, -0.2) is 68.6 Å². The van der Waals surface area contributed by atoms with Gasteiger partial charge in [-0.15, -0.1) is 0 Å². The minimum Gasteiger partial charge on any atom is -0.396 e. The number of fused-ring (bicyclic) bond motifs is 1. The summed E-state index contributed by atoms with van der Waals surface area (Å²) in [6.45, 7) is 2.52. The van der Waals surface area contributed by atoms with Gasteiger partial charge in [-0.1, -0.05) is 0 Å². The Hall–Kier alpha value is -0.280. The third-order valence-corrected chi connectivity index (χ3v) is 3.75. The van der Waals surface area contributed by atoms with Gasteiger partial charge in [-0.25, -0.2) is 0 Å². The van der Waals surface area contributed by atoms with Gasteiger partial charge in [0.15, 0.2) is 12.1 Å². The van der Waals surface area contributed by atoms with Crippen LogP contribution in [0, 0.1) is 11.8 Å². The van der Waals surface area contributed by atoms with Gasteiger partial charge in [0.2, 0.25) is 0 Å². The van der Waals surface area contributed by atoms with Crippen LogP contribution in [0.5, 0.6) is 0 Å². The highest BCUT2D eigenvalue weighted by Crippen LogP contribution is 2.53. The van der Waals surface area contributed by atoms with Crippen molar-refractivity contribution in [2.45, 2.75) is 43.7 Å². The summed E-state index contributed by atoms with van der Waals surface area (Å²) in [6.07, 6.45) is -3.42. The molecule has 5 N–H and O–H groups in total. The maximum Gasteiger partial charge on any atom is 0.186 e. The van der Waals surface area contributed by atoms with E-state index in [1.165, 1.54) is 0 Å². The van der Waals surface area contributed by atoms with E-state index in [4.69, 9.17) is 19.7 Å². The van der Waals surface area contributed by atoms with E-state index >= 15 is 0 Å². The molecule has 6 unspecified atom stereocenters. The molecule has 2 fully saturated rings. The van der Waals surface area contributed by atoms with Gasteiger partial charge in [-0.3, -0.25) is 0 Å². The molecular weight excluding hydrogens is 244 g/mol. The lowest BCUT2D eigenvalue weighted by Gasteiger charge is -2.51. The van der Waals surface area contributed by atoms with E-state index in [9.17, 15) is 15.3 Å². The summed E-state index contributed by atoms with van der Waals surface area (Å²) in [5.41, 5.74) is -0.881. The van der Waals surface area contributed by atoms with Crippen molar-refractivity contribution in [1.29, 1.82) is 0 Å².